The first-order valence-electron chi connectivity index (χ1n) is 12.5. The molecule has 5 rings (SSSR count). The summed E-state index contributed by atoms with van der Waals surface area (Å²) in [5.74, 6) is 1.88. The molecule has 0 amide bonds. The molecule has 11 heteroatoms. The van der Waals surface area contributed by atoms with Crippen LogP contribution in [0.3, 0.4) is 0 Å². The number of imidazole rings is 1. The van der Waals surface area contributed by atoms with E-state index in [0.717, 1.165) is 47.3 Å². The fraction of sp³-hybridized carbons (Fsp3) is 0.370. The lowest BCUT2D eigenvalue weighted by Crippen LogP contribution is -2.40. The molecule has 2 aromatic carbocycles. The maximum Gasteiger partial charge on any atom is 0.332 e. The van der Waals surface area contributed by atoms with Gasteiger partial charge >= 0.3 is 5.69 Å². The zero-order valence-electron chi connectivity index (χ0n) is 21.7. The number of ether oxygens (including phenoxy) is 2. The maximum absolute atomic E-state index is 14.1. The van der Waals surface area contributed by atoms with Gasteiger partial charge in [0.25, 0.3) is 5.56 Å². The van der Waals surface area contributed by atoms with Crippen molar-refractivity contribution >= 4 is 39.7 Å². The molecule has 0 unspecified atom stereocenters. The van der Waals surface area contributed by atoms with E-state index in [1.54, 1.807) is 39.5 Å². The number of hydrogen-bond donors (Lipinski definition) is 1. The smallest absolute Gasteiger partial charge is 0.332 e. The lowest BCUT2D eigenvalue weighted by atomic mass is 10.2. The number of fused-ring (bicyclic) bond motifs is 1. The molecule has 2 aromatic heterocycles. The SMILES string of the molecule is COc1cc(Cn2c(=O)c3c(nc(N4CCCNCC4)n3Cc3ccccc3I)n(C)c2=O)cc(OC)c1. The molecule has 3 heterocycles. The Morgan fingerprint density at radius 2 is 1.71 bits per heavy atom. The summed E-state index contributed by atoms with van der Waals surface area (Å²) in [5.41, 5.74) is 1.81. The van der Waals surface area contributed by atoms with Crippen molar-refractivity contribution in [3.05, 3.63) is 78.0 Å². The highest BCUT2D eigenvalue weighted by Gasteiger charge is 2.25. The van der Waals surface area contributed by atoms with E-state index in [1.807, 2.05) is 16.7 Å². The zero-order chi connectivity index (χ0) is 26.8. The molecular formula is C27H31IN6O4. The van der Waals surface area contributed by atoms with Crippen LogP contribution in [0.4, 0.5) is 5.95 Å². The number of methoxy groups -OCH3 is 2. The van der Waals surface area contributed by atoms with Crippen LogP contribution in [-0.2, 0) is 20.1 Å². The first-order chi connectivity index (χ1) is 18.4. The van der Waals surface area contributed by atoms with Crippen molar-refractivity contribution < 1.29 is 9.47 Å². The van der Waals surface area contributed by atoms with Crippen molar-refractivity contribution in [3.8, 4) is 11.5 Å². The average Bonchev–Trinajstić information content (AvgIpc) is 3.09. The summed E-state index contributed by atoms with van der Waals surface area (Å²) >= 11 is 2.32. The summed E-state index contributed by atoms with van der Waals surface area (Å²) < 4.78 is 16.6. The number of anilines is 1. The van der Waals surface area contributed by atoms with Crippen LogP contribution >= 0.6 is 22.6 Å². The predicted octanol–water partition coefficient (Wildman–Crippen LogP) is 2.41. The summed E-state index contributed by atoms with van der Waals surface area (Å²) in [6.07, 6.45) is 0.965. The van der Waals surface area contributed by atoms with Crippen LogP contribution in [0, 0.1) is 3.57 Å². The van der Waals surface area contributed by atoms with Crippen LogP contribution in [0.1, 0.15) is 17.5 Å². The van der Waals surface area contributed by atoms with Crippen LogP contribution in [-0.4, -0.2) is 59.1 Å². The van der Waals surface area contributed by atoms with Crippen molar-refractivity contribution in [2.75, 3.05) is 45.3 Å². The molecule has 0 bridgehead atoms. The Kier molecular flexibility index (Phi) is 7.75. The van der Waals surface area contributed by atoms with E-state index in [4.69, 9.17) is 14.5 Å². The molecule has 1 fully saturated rings. The fourth-order valence-corrected chi connectivity index (χ4v) is 5.43. The second-order valence-electron chi connectivity index (χ2n) is 9.31. The van der Waals surface area contributed by atoms with Gasteiger partial charge < -0.3 is 19.7 Å². The lowest BCUT2D eigenvalue weighted by Gasteiger charge is -2.22. The summed E-state index contributed by atoms with van der Waals surface area (Å²) in [7, 11) is 4.81. The minimum absolute atomic E-state index is 0.0754. The largest absolute Gasteiger partial charge is 0.497 e. The number of halogens is 1. The third-order valence-electron chi connectivity index (χ3n) is 6.87. The van der Waals surface area contributed by atoms with Gasteiger partial charge in [-0.25, -0.2) is 4.79 Å². The van der Waals surface area contributed by atoms with Gasteiger partial charge in [-0.15, -0.1) is 0 Å². The maximum atomic E-state index is 14.1. The van der Waals surface area contributed by atoms with Crippen molar-refractivity contribution in [2.45, 2.75) is 19.5 Å². The molecule has 1 N–H and O–H groups in total. The number of benzene rings is 2. The molecule has 1 aliphatic rings. The first kappa shape index (κ1) is 26.3. The molecule has 200 valence electrons. The van der Waals surface area contributed by atoms with Gasteiger partial charge in [-0.05, 0) is 64.9 Å². The van der Waals surface area contributed by atoms with Crippen LogP contribution in [0.2, 0.25) is 0 Å². The summed E-state index contributed by atoms with van der Waals surface area (Å²) in [6.45, 7) is 3.88. The highest BCUT2D eigenvalue weighted by atomic mass is 127. The van der Waals surface area contributed by atoms with Crippen LogP contribution < -0.4 is 30.9 Å². The normalized spacial score (nSPS) is 14.1. The van der Waals surface area contributed by atoms with Gasteiger partial charge in [0.05, 0.1) is 27.3 Å². The van der Waals surface area contributed by atoms with Crippen molar-refractivity contribution in [1.82, 2.24) is 24.0 Å². The molecule has 0 saturated carbocycles. The van der Waals surface area contributed by atoms with Gasteiger partial charge in [-0.2, -0.15) is 4.98 Å². The Bertz CT molecular complexity index is 1560. The van der Waals surface area contributed by atoms with E-state index in [2.05, 4.69) is 44.9 Å². The number of rotatable bonds is 7. The average molecular weight is 630 g/mol. The predicted molar refractivity (Wildman–Crippen MR) is 156 cm³/mol. The molecule has 0 aliphatic carbocycles. The second-order valence-corrected chi connectivity index (χ2v) is 10.5. The number of nitrogens with one attached hydrogen (secondary N) is 1. The molecule has 0 radical (unpaired) electrons. The third kappa shape index (κ3) is 5.04. The van der Waals surface area contributed by atoms with Gasteiger partial charge in [-0.1, -0.05) is 18.2 Å². The van der Waals surface area contributed by atoms with Gasteiger partial charge in [-0.3, -0.25) is 18.5 Å². The van der Waals surface area contributed by atoms with Crippen LogP contribution in [0.15, 0.2) is 52.1 Å². The fourth-order valence-electron chi connectivity index (χ4n) is 4.87. The van der Waals surface area contributed by atoms with Crippen molar-refractivity contribution in [1.29, 1.82) is 0 Å². The molecule has 4 aromatic rings. The minimum atomic E-state index is -0.424. The number of hydrogen-bond acceptors (Lipinski definition) is 7. The zero-order valence-corrected chi connectivity index (χ0v) is 23.9. The number of nitrogens with zero attached hydrogens (tertiary/aromatic N) is 5. The molecular weight excluding hydrogens is 599 g/mol. The Morgan fingerprint density at radius 3 is 2.42 bits per heavy atom. The molecule has 38 heavy (non-hydrogen) atoms. The Hall–Kier alpha value is -3.32. The summed E-state index contributed by atoms with van der Waals surface area (Å²) in [5, 5.41) is 3.42. The van der Waals surface area contributed by atoms with Gasteiger partial charge in [0.15, 0.2) is 11.2 Å². The topological polar surface area (TPSA) is 95.5 Å². The van der Waals surface area contributed by atoms with Crippen LogP contribution in [0.25, 0.3) is 11.2 Å². The van der Waals surface area contributed by atoms with E-state index in [1.165, 1.54) is 9.13 Å². The third-order valence-corrected chi connectivity index (χ3v) is 7.93. The lowest BCUT2D eigenvalue weighted by molar-refractivity contribution is 0.393. The summed E-state index contributed by atoms with van der Waals surface area (Å²) in [6, 6.07) is 13.5. The first-order valence-corrected chi connectivity index (χ1v) is 13.6. The Labute approximate surface area is 233 Å². The Morgan fingerprint density at radius 1 is 0.974 bits per heavy atom. The molecule has 10 nitrogen and oxygen atoms in total. The Balaban J connectivity index is 1.71. The molecule has 1 aliphatic heterocycles. The van der Waals surface area contributed by atoms with E-state index < -0.39 is 5.69 Å². The highest BCUT2D eigenvalue weighted by Crippen LogP contribution is 2.25. The molecule has 1 saturated heterocycles. The van der Waals surface area contributed by atoms with Gasteiger partial charge in [0.1, 0.15) is 11.5 Å². The summed E-state index contributed by atoms with van der Waals surface area (Å²) in [4.78, 5) is 34.6. The minimum Gasteiger partial charge on any atom is -0.497 e. The highest BCUT2D eigenvalue weighted by molar-refractivity contribution is 14.1. The quantitative estimate of drug-likeness (QED) is 0.314. The standard InChI is InChI=1S/C27H31IN6O4/c1-31-24-23(25(35)34(27(31)36)16-18-13-20(37-2)15-21(14-18)38-3)33(17-19-7-4-5-8-22(19)28)26(30-24)32-11-6-9-29-10-12-32/h4-5,7-8,13-15,29H,6,9-12,16-17H2,1-3H3. The van der Waals surface area contributed by atoms with Crippen molar-refractivity contribution in [3.63, 3.8) is 0 Å². The monoisotopic (exact) mass is 630 g/mol. The molecule has 0 atom stereocenters. The van der Waals surface area contributed by atoms with E-state index in [-0.39, 0.29) is 12.1 Å². The number of aryl methyl sites for hydroxylation is 1. The van der Waals surface area contributed by atoms with E-state index in [9.17, 15) is 9.59 Å². The van der Waals surface area contributed by atoms with E-state index in [0.29, 0.717) is 35.2 Å². The van der Waals surface area contributed by atoms with Crippen molar-refractivity contribution in [2.24, 2.45) is 7.05 Å². The van der Waals surface area contributed by atoms with E-state index >= 15 is 0 Å². The van der Waals surface area contributed by atoms with Gasteiger partial charge in [0, 0.05) is 36.3 Å². The second kappa shape index (κ2) is 11.2. The van der Waals surface area contributed by atoms with Crippen LogP contribution in [0.5, 0.6) is 11.5 Å². The van der Waals surface area contributed by atoms with Gasteiger partial charge in [0.2, 0.25) is 5.95 Å². The molecule has 0 spiro atoms. The number of aromatic nitrogens is 4.